The molecule has 2 aromatic rings. The van der Waals surface area contributed by atoms with Gasteiger partial charge in [-0.2, -0.15) is 10.4 Å². The van der Waals surface area contributed by atoms with Crippen LogP contribution in [-0.4, -0.2) is 20.4 Å². The second-order valence-corrected chi connectivity index (χ2v) is 5.50. The summed E-state index contributed by atoms with van der Waals surface area (Å²) in [4.78, 5) is 0. The van der Waals surface area contributed by atoms with E-state index in [4.69, 9.17) is 0 Å². The molecule has 0 aliphatic rings. The molecular weight excluding hydrogens is 266 g/mol. The van der Waals surface area contributed by atoms with Crippen LogP contribution in [0.15, 0.2) is 14.9 Å². The predicted molar refractivity (Wildman–Crippen MR) is 69.5 cm³/mol. The van der Waals surface area contributed by atoms with E-state index in [1.807, 2.05) is 13.8 Å². The van der Waals surface area contributed by atoms with E-state index in [9.17, 15) is 5.26 Å². The molecule has 2 heterocycles. The predicted octanol–water partition coefficient (Wildman–Crippen LogP) is 2.48. The average molecular weight is 277 g/mol. The minimum atomic E-state index is 0.614. The summed E-state index contributed by atoms with van der Waals surface area (Å²) in [7, 11) is 0. The SMILES string of the molecule is CCc1nnc(Sc2nncs2)c(C#N)c1CC. The van der Waals surface area contributed by atoms with E-state index < -0.39 is 0 Å². The summed E-state index contributed by atoms with van der Waals surface area (Å²) in [5.74, 6) is 0. The molecule has 0 atom stereocenters. The Morgan fingerprint density at radius 3 is 2.67 bits per heavy atom. The standard InChI is InChI=1S/C11H11N5S2/c1-3-7-8(5-12)10(15-14-9(7)4-2)18-11-16-13-6-17-11/h6H,3-4H2,1-2H3. The van der Waals surface area contributed by atoms with Crippen LogP contribution in [0.3, 0.4) is 0 Å². The highest BCUT2D eigenvalue weighted by Crippen LogP contribution is 2.31. The van der Waals surface area contributed by atoms with Gasteiger partial charge in [0.2, 0.25) is 0 Å². The van der Waals surface area contributed by atoms with Crippen LogP contribution in [0.2, 0.25) is 0 Å². The van der Waals surface area contributed by atoms with Crippen molar-refractivity contribution in [3.63, 3.8) is 0 Å². The Kier molecular flexibility index (Phi) is 4.23. The fraction of sp³-hybridized carbons (Fsp3) is 0.364. The lowest BCUT2D eigenvalue weighted by atomic mass is 10.1. The van der Waals surface area contributed by atoms with Crippen LogP contribution >= 0.6 is 23.1 Å². The molecule has 92 valence electrons. The number of nitrogens with zero attached hydrogens (tertiary/aromatic N) is 5. The molecule has 0 fully saturated rings. The van der Waals surface area contributed by atoms with Crippen molar-refractivity contribution in [2.45, 2.75) is 36.1 Å². The summed E-state index contributed by atoms with van der Waals surface area (Å²) >= 11 is 2.77. The van der Waals surface area contributed by atoms with Gasteiger partial charge in [-0.3, -0.25) is 0 Å². The summed E-state index contributed by atoms with van der Waals surface area (Å²) in [6.07, 6.45) is 1.57. The summed E-state index contributed by atoms with van der Waals surface area (Å²) in [5.41, 5.74) is 4.16. The molecule has 0 aromatic carbocycles. The minimum Gasteiger partial charge on any atom is -0.192 e. The zero-order chi connectivity index (χ0) is 13.0. The van der Waals surface area contributed by atoms with E-state index in [1.54, 1.807) is 5.51 Å². The van der Waals surface area contributed by atoms with Crippen LogP contribution in [0, 0.1) is 11.3 Å². The molecule has 0 spiro atoms. The van der Waals surface area contributed by atoms with E-state index in [1.165, 1.54) is 23.1 Å². The monoisotopic (exact) mass is 277 g/mol. The van der Waals surface area contributed by atoms with Crippen LogP contribution < -0.4 is 0 Å². The van der Waals surface area contributed by atoms with Crippen LogP contribution in [0.4, 0.5) is 0 Å². The Morgan fingerprint density at radius 1 is 1.28 bits per heavy atom. The Bertz CT molecular complexity index is 574. The second-order valence-electron chi connectivity index (χ2n) is 3.43. The first-order valence-corrected chi connectivity index (χ1v) is 7.22. The quantitative estimate of drug-likeness (QED) is 0.854. The number of hydrogen-bond acceptors (Lipinski definition) is 7. The average Bonchev–Trinajstić information content (AvgIpc) is 2.90. The number of hydrogen-bond donors (Lipinski definition) is 0. The molecule has 7 heteroatoms. The van der Waals surface area contributed by atoms with E-state index >= 15 is 0 Å². The van der Waals surface area contributed by atoms with Crippen molar-refractivity contribution in [2.75, 3.05) is 0 Å². The third-order valence-corrected chi connectivity index (χ3v) is 4.21. The van der Waals surface area contributed by atoms with Crippen molar-refractivity contribution in [1.29, 1.82) is 5.26 Å². The number of aryl methyl sites for hydroxylation is 1. The highest BCUT2D eigenvalue weighted by atomic mass is 32.2. The molecule has 0 aliphatic carbocycles. The largest absolute Gasteiger partial charge is 0.192 e. The maximum absolute atomic E-state index is 9.32. The molecule has 0 amide bonds. The Hall–Kier alpha value is -1.52. The van der Waals surface area contributed by atoms with Crippen molar-refractivity contribution in [1.82, 2.24) is 20.4 Å². The molecular formula is C11H11N5S2. The fourth-order valence-corrected chi connectivity index (χ4v) is 3.07. The maximum atomic E-state index is 9.32. The maximum Gasteiger partial charge on any atom is 0.180 e. The van der Waals surface area contributed by atoms with Crippen molar-refractivity contribution < 1.29 is 0 Å². The van der Waals surface area contributed by atoms with Gasteiger partial charge in [-0.1, -0.05) is 25.2 Å². The summed E-state index contributed by atoms with van der Waals surface area (Å²) in [6.45, 7) is 4.04. The molecule has 0 aliphatic heterocycles. The molecule has 2 aromatic heterocycles. The molecule has 5 nitrogen and oxygen atoms in total. The Balaban J connectivity index is 2.45. The highest BCUT2D eigenvalue weighted by Gasteiger charge is 2.16. The molecule has 0 saturated heterocycles. The van der Waals surface area contributed by atoms with Gasteiger partial charge >= 0.3 is 0 Å². The van der Waals surface area contributed by atoms with Gasteiger partial charge in [0, 0.05) is 0 Å². The lowest BCUT2D eigenvalue weighted by molar-refractivity contribution is 0.817. The molecule has 0 unspecified atom stereocenters. The highest BCUT2D eigenvalue weighted by molar-refractivity contribution is 8.01. The van der Waals surface area contributed by atoms with E-state index in [0.717, 1.165) is 28.4 Å². The van der Waals surface area contributed by atoms with E-state index in [-0.39, 0.29) is 0 Å². The van der Waals surface area contributed by atoms with E-state index in [0.29, 0.717) is 10.6 Å². The van der Waals surface area contributed by atoms with Crippen LogP contribution in [0.5, 0.6) is 0 Å². The normalized spacial score (nSPS) is 10.3. The van der Waals surface area contributed by atoms with Gasteiger partial charge in [-0.25, -0.2) is 0 Å². The van der Waals surface area contributed by atoms with Gasteiger partial charge in [0.25, 0.3) is 0 Å². The van der Waals surface area contributed by atoms with Gasteiger partial charge in [0.05, 0.1) is 11.3 Å². The first-order valence-electron chi connectivity index (χ1n) is 5.52. The first-order chi connectivity index (χ1) is 8.80. The molecule has 2 rings (SSSR count). The summed E-state index contributed by atoms with van der Waals surface area (Å²) in [6, 6.07) is 2.24. The zero-order valence-corrected chi connectivity index (χ0v) is 11.7. The molecule has 0 N–H and O–H groups in total. The van der Waals surface area contributed by atoms with Crippen LogP contribution in [0.1, 0.15) is 30.7 Å². The lowest BCUT2D eigenvalue weighted by Crippen LogP contribution is -2.04. The second kappa shape index (κ2) is 5.89. The number of rotatable bonds is 4. The smallest absolute Gasteiger partial charge is 0.180 e. The third-order valence-electron chi connectivity index (χ3n) is 2.45. The van der Waals surface area contributed by atoms with Gasteiger partial charge < -0.3 is 0 Å². The topological polar surface area (TPSA) is 75.3 Å². The number of aromatic nitrogens is 4. The summed E-state index contributed by atoms with van der Waals surface area (Å²) < 4.78 is 0.770. The lowest BCUT2D eigenvalue weighted by Gasteiger charge is -2.08. The van der Waals surface area contributed by atoms with E-state index in [2.05, 4.69) is 26.5 Å². The first kappa shape index (κ1) is 12.9. The van der Waals surface area contributed by atoms with Gasteiger partial charge in [-0.15, -0.1) is 15.3 Å². The van der Waals surface area contributed by atoms with Crippen molar-refractivity contribution in [3.05, 3.63) is 22.3 Å². The van der Waals surface area contributed by atoms with Gasteiger partial charge in [0.1, 0.15) is 16.6 Å². The Labute approximate surface area is 113 Å². The molecule has 18 heavy (non-hydrogen) atoms. The van der Waals surface area contributed by atoms with Gasteiger partial charge in [-0.05, 0) is 30.2 Å². The molecule has 0 saturated carbocycles. The fourth-order valence-electron chi connectivity index (χ4n) is 1.63. The van der Waals surface area contributed by atoms with Gasteiger partial charge in [0.15, 0.2) is 4.34 Å². The molecule has 0 bridgehead atoms. The Morgan fingerprint density at radius 2 is 2.11 bits per heavy atom. The van der Waals surface area contributed by atoms with Crippen molar-refractivity contribution in [2.24, 2.45) is 0 Å². The zero-order valence-electron chi connectivity index (χ0n) is 10.0. The number of nitriles is 1. The minimum absolute atomic E-state index is 0.614. The van der Waals surface area contributed by atoms with Crippen molar-refractivity contribution in [3.8, 4) is 6.07 Å². The third kappa shape index (κ3) is 2.49. The van der Waals surface area contributed by atoms with Crippen LogP contribution in [0.25, 0.3) is 0 Å². The molecule has 0 radical (unpaired) electrons. The van der Waals surface area contributed by atoms with Crippen molar-refractivity contribution >= 4 is 23.1 Å². The summed E-state index contributed by atoms with van der Waals surface area (Å²) in [5, 5.41) is 26.0. The van der Waals surface area contributed by atoms with Crippen LogP contribution in [-0.2, 0) is 12.8 Å².